The molecule has 4 fully saturated rings. The van der Waals surface area contributed by atoms with Crippen molar-refractivity contribution >= 4 is 18.3 Å². The van der Waals surface area contributed by atoms with E-state index in [-0.39, 0.29) is 12.4 Å². The van der Waals surface area contributed by atoms with Crippen LogP contribution in [0.1, 0.15) is 51.4 Å². The number of nitrogens with one attached hydrogen (secondary N) is 1. The van der Waals surface area contributed by atoms with Gasteiger partial charge in [-0.25, -0.2) is 0 Å². The van der Waals surface area contributed by atoms with Gasteiger partial charge in [-0.3, -0.25) is 4.79 Å². The average Bonchev–Trinajstić information content (AvgIpc) is 3.02. The van der Waals surface area contributed by atoms with Crippen LogP contribution in [-0.4, -0.2) is 36.0 Å². The topological polar surface area (TPSA) is 32.3 Å². The molecule has 2 aliphatic heterocycles. The lowest BCUT2D eigenvalue weighted by Gasteiger charge is -2.30. The molecular formula is C16H27ClN2O. The maximum atomic E-state index is 12.7. The minimum atomic E-state index is 0. The number of hydrogen-bond donors (Lipinski definition) is 1. The molecule has 0 aromatic heterocycles. The molecular weight excluding hydrogens is 272 g/mol. The van der Waals surface area contributed by atoms with Gasteiger partial charge in [-0.05, 0) is 62.8 Å². The number of carbonyl (C=O) groups is 1. The van der Waals surface area contributed by atoms with Crippen LogP contribution in [0, 0.1) is 17.8 Å². The Balaban J connectivity index is 0.00000121. The summed E-state index contributed by atoms with van der Waals surface area (Å²) >= 11 is 0. The van der Waals surface area contributed by atoms with Crippen LogP contribution in [0.4, 0.5) is 0 Å². The van der Waals surface area contributed by atoms with E-state index < -0.39 is 0 Å². The summed E-state index contributed by atoms with van der Waals surface area (Å²) in [7, 11) is 0. The number of nitrogens with zero attached hydrogens (tertiary/aromatic N) is 1. The lowest BCUT2D eigenvalue weighted by Crippen LogP contribution is -2.43. The van der Waals surface area contributed by atoms with Gasteiger partial charge in [0.25, 0.3) is 0 Å². The van der Waals surface area contributed by atoms with Gasteiger partial charge in [0, 0.05) is 25.0 Å². The summed E-state index contributed by atoms with van der Waals surface area (Å²) in [5, 5.41) is 3.49. The van der Waals surface area contributed by atoms with Gasteiger partial charge in [-0.15, -0.1) is 12.4 Å². The van der Waals surface area contributed by atoms with Gasteiger partial charge in [0.05, 0.1) is 0 Å². The Bertz CT molecular complexity index is 361. The molecule has 1 N–H and O–H groups in total. The van der Waals surface area contributed by atoms with Crippen molar-refractivity contribution < 1.29 is 4.79 Å². The Morgan fingerprint density at radius 3 is 2.65 bits per heavy atom. The second-order valence-electron chi connectivity index (χ2n) is 7.32. The quantitative estimate of drug-likeness (QED) is 0.850. The summed E-state index contributed by atoms with van der Waals surface area (Å²) in [5.41, 5.74) is 0. The van der Waals surface area contributed by atoms with Crippen LogP contribution in [0.15, 0.2) is 0 Å². The molecule has 114 valence electrons. The fraction of sp³-hybridized carbons (Fsp3) is 0.938. The van der Waals surface area contributed by atoms with Gasteiger partial charge in [-0.1, -0.05) is 6.42 Å². The van der Waals surface area contributed by atoms with Crippen molar-refractivity contribution in [1.82, 2.24) is 10.2 Å². The van der Waals surface area contributed by atoms with Crippen molar-refractivity contribution in [2.45, 2.75) is 63.5 Å². The smallest absolute Gasteiger partial charge is 0.223 e. The summed E-state index contributed by atoms with van der Waals surface area (Å²) in [6, 6.07) is 1.05. The van der Waals surface area contributed by atoms with E-state index >= 15 is 0 Å². The Morgan fingerprint density at radius 2 is 1.90 bits per heavy atom. The first-order chi connectivity index (χ1) is 9.31. The molecule has 2 aliphatic carbocycles. The van der Waals surface area contributed by atoms with Crippen LogP contribution in [-0.2, 0) is 4.79 Å². The van der Waals surface area contributed by atoms with Gasteiger partial charge in [0.15, 0.2) is 0 Å². The zero-order chi connectivity index (χ0) is 12.8. The third-order valence-electron chi connectivity index (χ3n) is 6.26. The Kier molecular flexibility index (Phi) is 4.28. The van der Waals surface area contributed by atoms with Crippen LogP contribution >= 0.6 is 12.4 Å². The second kappa shape index (κ2) is 5.84. The normalized spacial score (nSPS) is 42.4. The van der Waals surface area contributed by atoms with Gasteiger partial charge >= 0.3 is 0 Å². The molecule has 5 unspecified atom stereocenters. The van der Waals surface area contributed by atoms with Crippen LogP contribution < -0.4 is 5.32 Å². The van der Waals surface area contributed by atoms with Gasteiger partial charge in [0.2, 0.25) is 5.91 Å². The molecule has 20 heavy (non-hydrogen) atoms. The molecule has 0 aromatic rings. The van der Waals surface area contributed by atoms with Crippen molar-refractivity contribution in [1.29, 1.82) is 0 Å². The Hall–Kier alpha value is -0.280. The van der Waals surface area contributed by atoms with Crippen molar-refractivity contribution in [3.63, 3.8) is 0 Å². The molecule has 0 radical (unpaired) electrons. The predicted octanol–water partition coefficient (Wildman–Crippen LogP) is 2.59. The van der Waals surface area contributed by atoms with E-state index in [2.05, 4.69) is 10.2 Å². The summed E-state index contributed by atoms with van der Waals surface area (Å²) in [6.45, 7) is 2.12. The first-order valence-electron chi connectivity index (χ1n) is 8.33. The number of fused-ring (bicyclic) bond motifs is 4. The maximum absolute atomic E-state index is 12.7. The molecule has 3 nitrogen and oxygen atoms in total. The molecule has 0 spiro atoms. The van der Waals surface area contributed by atoms with Crippen molar-refractivity contribution in [3.05, 3.63) is 0 Å². The number of amides is 1. The molecule has 4 rings (SSSR count). The summed E-state index contributed by atoms with van der Waals surface area (Å²) in [4.78, 5) is 15.0. The lowest BCUT2D eigenvalue weighted by atomic mass is 9.86. The maximum Gasteiger partial charge on any atom is 0.223 e. The highest BCUT2D eigenvalue weighted by molar-refractivity contribution is 5.85. The van der Waals surface area contributed by atoms with E-state index in [1.54, 1.807) is 0 Å². The largest absolute Gasteiger partial charge is 0.335 e. The molecule has 4 heteroatoms. The molecule has 5 atom stereocenters. The van der Waals surface area contributed by atoms with Crippen molar-refractivity contribution in [2.75, 3.05) is 13.1 Å². The number of carbonyl (C=O) groups excluding carboxylic acids is 1. The molecule has 4 aliphatic rings. The summed E-state index contributed by atoms with van der Waals surface area (Å²) in [5.74, 6) is 3.05. The van der Waals surface area contributed by atoms with Crippen molar-refractivity contribution in [2.24, 2.45) is 17.8 Å². The predicted molar refractivity (Wildman–Crippen MR) is 81.9 cm³/mol. The number of halogens is 1. The minimum absolute atomic E-state index is 0. The van der Waals surface area contributed by atoms with E-state index in [0.717, 1.165) is 37.3 Å². The first kappa shape index (κ1) is 14.6. The summed E-state index contributed by atoms with van der Waals surface area (Å²) < 4.78 is 0. The molecule has 2 heterocycles. The third kappa shape index (κ3) is 2.48. The lowest BCUT2D eigenvalue weighted by molar-refractivity contribution is -0.135. The SMILES string of the molecule is Cl.O=C(CC1CC2CCC1C2)N1C2CCNCC1CC2. The number of hydrogen-bond acceptors (Lipinski definition) is 2. The van der Waals surface area contributed by atoms with Crippen LogP contribution in [0.3, 0.4) is 0 Å². The van der Waals surface area contributed by atoms with Gasteiger partial charge < -0.3 is 10.2 Å². The molecule has 0 aromatic carbocycles. The highest BCUT2D eigenvalue weighted by Crippen LogP contribution is 2.50. The fourth-order valence-corrected chi connectivity index (χ4v) is 5.35. The molecule has 2 saturated heterocycles. The van der Waals surface area contributed by atoms with E-state index in [0.29, 0.717) is 18.0 Å². The van der Waals surface area contributed by atoms with Crippen LogP contribution in [0.25, 0.3) is 0 Å². The third-order valence-corrected chi connectivity index (χ3v) is 6.26. The van der Waals surface area contributed by atoms with Crippen molar-refractivity contribution in [3.8, 4) is 0 Å². The average molecular weight is 299 g/mol. The van der Waals surface area contributed by atoms with E-state index in [1.165, 1.54) is 44.9 Å². The molecule has 2 saturated carbocycles. The van der Waals surface area contributed by atoms with E-state index in [9.17, 15) is 4.79 Å². The van der Waals surface area contributed by atoms with Gasteiger partial charge in [0.1, 0.15) is 0 Å². The highest BCUT2D eigenvalue weighted by Gasteiger charge is 2.43. The fourth-order valence-electron chi connectivity index (χ4n) is 5.35. The molecule has 4 bridgehead atoms. The Morgan fingerprint density at radius 1 is 1.05 bits per heavy atom. The zero-order valence-electron chi connectivity index (χ0n) is 12.2. The highest BCUT2D eigenvalue weighted by atomic mass is 35.5. The first-order valence-corrected chi connectivity index (χ1v) is 8.33. The number of rotatable bonds is 2. The van der Waals surface area contributed by atoms with Crippen LogP contribution in [0.2, 0.25) is 0 Å². The Labute approximate surface area is 128 Å². The second-order valence-corrected chi connectivity index (χ2v) is 7.32. The standard InChI is InChI=1S/C16H26N2O.ClH/c19-16(9-13-8-11-1-2-12(13)7-11)18-14-3-4-15(18)10-17-6-5-14;/h11-15,17H,1-10H2;1H. The molecule has 1 amide bonds. The summed E-state index contributed by atoms with van der Waals surface area (Å²) in [6.07, 6.45) is 10.1. The monoisotopic (exact) mass is 298 g/mol. The van der Waals surface area contributed by atoms with Gasteiger partial charge in [-0.2, -0.15) is 0 Å². The minimum Gasteiger partial charge on any atom is -0.335 e. The van der Waals surface area contributed by atoms with Crippen LogP contribution in [0.5, 0.6) is 0 Å². The van der Waals surface area contributed by atoms with E-state index in [4.69, 9.17) is 0 Å². The van der Waals surface area contributed by atoms with E-state index in [1.807, 2.05) is 0 Å². The zero-order valence-corrected chi connectivity index (χ0v) is 13.0.